The quantitative estimate of drug-likeness (QED) is 0.868. The van der Waals surface area contributed by atoms with E-state index in [0.29, 0.717) is 11.7 Å². The minimum absolute atomic E-state index is 0.491. The number of aromatic nitrogens is 2. The Bertz CT molecular complexity index is 530. The molecule has 0 saturated carbocycles. The van der Waals surface area contributed by atoms with E-state index in [2.05, 4.69) is 36.2 Å². The molecule has 0 radical (unpaired) electrons. The highest BCUT2D eigenvalue weighted by atomic mass is 35.5. The van der Waals surface area contributed by atoms with Crippen LogP contribution >= 0.6 is 11.6 Å². The number of nitrogens with zero attached hydrogens (tertiary/aromatic N) is 1. The van der Waals surface area contributed by atoms with Crippen LogP contribution in [0.3, 0.4) is 0 Å². The molecule has 3 N–H and O–H groups in total. The van der Waals surface area contributed by atoms with Gasteiger partial charge >= 0.3 is 0 Å². The van der Waals surface area contributed by atoms with E-state index in [1.807, 2.05) is 12.1 Å². The van der Waals surface area contributed by atoms with Gasteiger partial charge in [-0.25, -0.2) is 0 Å². The lowest BCUT2D eigenvalue weighted by Gasteiger charge is -2.15. The van der Waals surface area contributed by atoms with Crippen molar-refractivity contribution < 1.29 is 0 Å². The molecule has 0 amide bonds. The minimum atomic E-state index is 0.491. The van der Waals surface area contributed by atoms with Gasteiger partial charge in [-0.05, 0) is 30.4 Å². The first-order valence-electron chi connectivity index (χ1n) is 6.26. The summed E-state index contributed by atoms with van der Waals surface area (Å²) in [6.07, 6.45) is 2.21. The molecule has 18 heavy (non-hydrogen) atoms. The first-order chi connectivity index (χ1) is 8.65. The molecule has 2 rings (SSSR count). The van der Waals surface area contributed by atoms with E-state index >= 15 is 0 Å². The van der Waals surface area contributed by atoms with Crippen molar-refractivity contribution in [1.29, 1.82) is 0 Å². The fraction of sp³-hybridized carbons (Fsp3) is 0.357. The van der Waals surface area contributed by atoms with E-state index in [0.717, 1.165) is 29.1 Å². The highest BCUT2D eigenvalue weighted by Crippen LogP contribution is 2.32. The van der Waals surface area contributed by atoms with Gasteiger partial charge in [-0.1, -0.05) is 37.6 Å². The van der Waals surface area contributed by atoms with Crippen LogP contribution in [0.2, 0.25) is 5.02 Å². The number of H-pyrrole nitrogens is 1. The Hall–Kier alpha value is -1.48. The summed E-state index contributed by atoms with van der Waals surface area (Å²) >= 11 is 6.37. The third kappa shape index (κ3) is 2.51. The number of rotatable bonds is 4. The number of anilines is 1. The Labute approximate surface area is 112 Å². The lowest BCUT2D eigenvalue weighted by atomic mass is 9.93. The van der Waals surface area contributed by atoms with Crippen LogP contribution in [0.25, 0.3) is 11.3 Å². The Morgan fingerprint density at radius 2 is 2.00 bits per heavy atom. The number of benzene rings is 1. The predicted molar refractivity (Wildman–Crippen MR) is 76.8 cm³/mol. The zero-order valence-electron chi connectivity index (χ0n) is 10.7. The summed E-state index contributed by atoms with van der Waals surface area (Å²) in [7, 11) is 0. The van der Waals surface area contributed by atoms with Crippen LogP contribution in [0, 0.1) is 0 Å². The van der Waals surface area contributed by atoms with Gasteiger partial charge < -0.3 is 5.73 Å². The smallest absolute Gasteiger partial charge is 0.145 e. The van der Waals surface area contributed by atoms with Crippen LogP contribution in [0.1, 0.15) is 38.2 Å². The average molecular weight is 264 g/mol. The predicted octanol–water partition coefficient (Wildman–Crippen LogP) is 4.22. The fourth-order valence-corrected chi connectivity index (χ4v) is 2.57. The molecule has 0 bridgehead atoms. The molecule has 0 spiro atoms. The van der Waals surface area contributed by atoms with Crippen molar-refractivity contribution in [2.75, 3.05) is 5.73 Å². The summed E-state index contributed by atoms with van der Waals surface area (Å²) < 4.78 is 0. The third-order valence-corrected chi connectivity index (χ3v) is 3.66. The summed E-state index contributed by atoms with van der Waals surface area (Å²) in [5.74, 6) is 1.02. The number of aromatic amines is 1. The number of halogens is 1. The van der Waals surface area contributed by atoms with E-state index in [1.54, 1.807) is 0 Å². The lowest BCUT2D eigenvalue weighted by molar-refractivity contribution is 0.642. The second kappa shape index (κ2) is 5.44. The van der Waals surface area contributed by atoms with E-state index in [1.165, 1.54) is 5.56 Å². The van der Waals surface area contributed by atoms with Crippen molar-refractivity contribution in [1.82, 2.24) is 10.2 Å². The van der Waals surface area contributed by atoms with Crippen LogP contribution in [0.4, 0.5) is 5.82 Å². The molecule has 2 aromatic rings. The molecule has 1 aromatic carbocycles. The molecule has 96 valence electrons. The second-order valence-electron chi connectivity index (χ2n) is 4.46. The Morgan fingerprint density at radius 1 is 1.28 bits per heavy atom. The van der Waals surface area contributed by atoms with Crippen molar-refractivity contribution in [3.63, 3.8) is 0 Å². The van der Waals surface area contributed by atoms with Crippen LogP contribution in [-0.4, -0.2) is 10.2 Å². The van der Waals surface area contributed by atoms with Crippen molar-refractivity contribution in [3.05, 3.63) is 34.9 Å². The molecule has 0 aliphatic heterocycles. The maximum absolute atomic E-state index is 6.37. The highest BCUT2D eigenvalue weighted by Gasteiger charge is 2.12. The standard InChI is InChI=1S/C14H18ClN3/c1-3-9(4-2)11-6-5-10(7-12(11)15)13-8-14(16)18-17-13/h5-9H,3-4H2,1-2H3,(H3,16,17,18). The van der Waals surface area contributed by atoms with Gasteiger partial charge in [0.1, 0.15) is 5.82 Å². The monoisotopic (exact) mass is 263 g/mol. The Kier molecular flexibility index (Phi) is 3.92. The zero-order chi connectivity index (χ0) is 13.1. The maximum atomic E-state index is 6.37. The first-order valence-corrected chi connectivity index (χ1v) is 6.64. The average Bonchev–Trinajstić information content (AvgIpc) is 2.79. The molecule has 0 saturated heterocycles. The van der Waals surface area contributed by atoms with Crippen molar-refractivity contribution in [3.8, 4) is 11.3 Å². The van der Waals surface area contributed by atoms with E-state index in [9.17, 15) is 0 Å². The molecule has 0 fully saturated rings. The molecular weight excluding hydrogens is 246 g/mol. The summed E-state index contributed by atoms with van der Waals surface area (Å²) in [5.41, 5.74) is 8.73. The molecule has 0 aliphatic rings. The van der Waals surface area contributed by atoms with Crippen LogP contribution in [-0.2, 0) is 0 Å². The molecule has 0 aliphatic carbocycles. The molecule has 0 atom stereocenters. The van der Waals surface area contributed by atoms with E-state index in [4.69, 9.17) is 17.3 Å². The minimum Gasteiger partial charge on any atom is -0.382 e. The van der Waals surface area contributed by atoms with E-state index < -0.39 is 0 Å². The molecule has 4 heteroatoms. The Balaban J connectivity index is 2.35. The number of hydrogen-bond acceptors (Lipinski definition) is 2. The van der Waals surface area contributed by atoms with Gasteiger partial charge in [-0.15, -0.1) is 0 Å². The summed E-state index contributed by atoms with van der Waals surface area (Å²) in [4.78, 5) is 0. The number of nitrogen functional groups attached to an aromatic ring is 1. The van der Waals surface area contributed by atoms with Gasteiger partial charge in [0.15, 0.2) is 0 Å². The molecule has 1 heterocycles. The highest BCUT2D eigenvalue weighted by molar-refractivity contribution is 6.31. The Morgan fingerprint density at radius 3 is 2.50 bits per heavy atom. The van der Waals surface area contributed by atoms with Crippen LogP contribution < -0.4 is 5.73 Å². The summed E-state index contributed by atoms with van der Waals surface area (Å²) in [6, 6.07) is 7.95. The largest absolute Gasteiger partial charge is 0.382 e. The van der Waals surface area contributed by atoms with Gasteiger partial charge in [0.05, 0.1) is 5.69 Å². The third-order valence-electron chi connectivity index (χ3n) is 3.33. The van der Waals surface area contributed by atoms with E-state index in [-0.39, 0.29) is 0 Å². The zero-order valence-corrected chi connectivity index (χ0v) is 11.5. The fourth-order valence-electron chi connectivity index (χ4n) is 2.24. The van der Waals surface area contributed by atoms with Crippen molar-refractivity contribution in [2.45, 2.75) is 32.6 Å². The van der Waals surface area contributed by atoms with Gasteiger partial charge in [-0.3, -0.25) is 5.10 Å². The van der Waals surface area contributed by atoms with Gasteiger partial charge in [0, 0.05) is 16.7 Å². The number of nitrogens with one attached hydrogen (secondary N) is 1. The maximum Gasteiger partial charge on any atom is 0.145 e. The lowest BCUT2D eigenvalue weighted by Crippen LogP contribution is -1.96. The van der Waals surface area contributed by atoms with Crippen LogP contribution in [0.5, 0.6) is 0 Å². The topological polar surface area (TPSA) is 54.7 Å². The SMILES string of the molecule is CCC(CC)c1ccc(-c2cc(N)n[nH]2)cc1Cl. The number of nitrogens with two attached hydrogens (primary N) is 1. The molecule has 1 aromatic heterocycles. The van der Waals surface area contributed by atoms with Crippen molar-refractivity contribution in [2.24, 2.45) is 0 Å². The molecule has 0 unspecified atom stereocenters. The molecular formula is C14H18ClN3. The second-order valence-corrected chi connectivity index (χ2v) is 4.86. The van der Waals surface area contributed by atoms with Gasteiger partial charge in [0.2, 0.25) is 0 Å². The van der Waals surface area contributed by atoms with Gasteiger partial charge in [0.25, 0.3) is 0 Å². The van der Waals surface area contributed by atoms with Crippen molar-refractivity contribution >= 4 is 17.4 Å². The normalized spacial score (nSPS) is 11.1. The first kappa shape index (κ1) is 13.0. The molecule has 3 nitrogen and oxygen atoms in total. The van der Waals surface area contributed by atoms with Crippen LogP contribution in [0.15, 0.2) is 24.3 Å². The van der Waals surface area contributed by atoms with Gasteiger partial charge in [-0.2, -0.15) is 5.10 Å². The number of hydrogen-bond donors (Lipinski definition) is 2. The summed E-state index contributed by atoms with van der Waals surface area (Å²) in [5, 5.41) is 7.63. The summed E-state index contributed by atoms with van der Waals surface area (Å²) in [6.45, 7) is 4.38.